The van der Waals surface area contributed by atoms with Crippen molar-refractivity contribution in [2.45, 2.75) is 0 Å². The Balaban J connectivity index is 1.76. The summed E-state index contributed by atoms with van der Waals surface area (Å²) in [6, 6.07) is 31.3. The Morgan fingerprint density at radius 1 is 0.657 bits per heavy atom. The largest absolute Gasteiger partial charge is 0.444 e. The monoisotopic (exact) mass is 455 g/mol. The van der Waals surface area contributed by atoms with Crippen molar-refractivity contribution < 1.29 is 14.0 Å². The van der Waals surface area contributed by atoms with Crippen LogP contribution < -0.4 is 0 Å². The molecular weight excluding hydrogens is 434 g/mol. The highest BCUT2D eigenvalue weighted by Gasteiger charge is 2.27. The summed E-state index contributed by atoms with van der Waals surface area (Å²) in [5.41, 5.74) is 3.76. The van der Waals surface area contributed by atoms with E-state index in [1.807, 2.05) is 60.7 Å². The van der Waals surface area contributed by atoms with Crippen molar-refractivity contribution in [3.63, 3.8) is 0 Å². The smallest absolute Gasteiger partial charge is 0.227 e. The Bertz CT molecular complexity index is 1490. The van der Waals surface area contributed by atoms with E-state index in [0.29, 0.717) is 22.3 Å². The first-order chi connectivity index (χ1) is 17.2. The molecule has 0 aliphatic heterocycles. The normalized spacial score (nSPS) is 11.0. The summed E-state index contributed by atoms with van der Waals surface area (Å²) in [7, 11) is 0. The van der Waals surface area contributed by atoms with Gasteiger partial charge in [-0.2, -0.15) is 0 Å². The molecule has 0 N–H and O–H groups in total. The number of benzene rings is 4. The molecule has 4 aromatic carbocycles. The molecule has 1 aromatic heterocycles. The molecule has 0 fully saturated rings. The molecule has 0 spiro atoms. The number of carbonyl (C=O) groups is 2. The summed E-state index contributed by atoms with van der Waals surface area (Å²) in [5, 5.41) is 0. The van der Waals surface area contributed by atoms with Gasteiger partial charge in [0.1, 0.15) is 6.26 Å². The van der Waals surface area contributed by atoms with E-state index in [9.17, 15) is 9.59 Å². The first-order valence-electron chi connectivity index (χ1n) is 11.2. The van der Waals surface area contributed by atoms with Gasteiger partial charge in [-0.15, -0.1) is 0 Å². The number of hydrogen-bond donors (Lipinski definition) is 0. The van der Waals surface area contributed by atoms with E-state index >= 15 is 0 Å². The fourth-order valence-corrected chi connectivity index (χ4v) is 3.99. The Hall–Kier alpha value is -4.83. The lowest BCUT2D eigenvalue weighted by Crippen LogP contribution is -2.14. The quantitative estimate of drug-likeness (QED) is 0.196. The molecule has 0 radical (unpaired) electrons. The summed E-state index contributed by atoms with van der Waals surface area (Å²) in [4.78, 5) is 31.8. The maximum absolute atomic E-state index is 13.9. The van der Waals surface area contributed by atoms with E-state index in [1.54, 1.807) is 54.6 Å². The van der Waals surface area contributed by atoms with Crippen LogP contribution in [0.1, 0.15) is 43.0 Å². The standard InChI is InChI=1S/C31H21NO3/c33-29(24-12-6-2-7-13-24)26-19-18-23(17-16-22-10-4-1-5-11-22)27(31-32-20-21-35-31)28(26)30(34)25-14-8-3-9-15-25/h1-21H. The minimum atomic E-state index is -0.270. The van der Waals surface area contributed by atoms with E-state index < -0.39 is 0 Å². The van der Waals surface area contributed by atoms with Crippen LogP contribution >= 0.6 is 0 Å². The van der Waals surface area contributed by atoms with E-state index in [-0.39, 0.29) is 23.0 Å². The highest BCUT2D eigenvalue weighted by Crippen LogP contribution is 2.33. The van der Waals surface area contributed by atoms with Gasteiger partial charge in [0.05, 0.1) is 11.8 Å². The highest BCUT2D eigenvalue weighted by atomic mass is 16.3. The van der Waals surface area contributed by atoms with Crippen molar-refractivity contribution in [2.24, 2.45) is 0 Å². The van der Waals surface area contributed by atoms with Gasteiger partial charge in [0.25, 0.3) is 0 Å². The van der Waals surface area contributed by atoms with Crippen molar-refractivity contribution in [3.05, 3.63) is 149 Å². The Morgan fingerprint density at radius 2 is 1.26 bits per heavy atom. The van der Waals surface area contributed by atoms with Gasteiger partial charge in [0.15, 0.2) is 11.6 Å². The number of aromatic nitrogens is 1. The van der Waals surface area contributed by atoms with Crippen LogP contribution in [0.25, 0.3) is 23.6 Å². The number of oxazole rings is 1. The third-order valence-corrected chi connectivity index (χ3v) is 5.68. The SMILES string of the molecule is O=C(c1ccccc1)c1ccc(C=Cc2ccccc2)c(-c2ncco2)c1C(=O)c1ccccc1. The highest BCUT2D eigenvalue weighted by molar-refractivity contribution is 6.22. The molecule has 1 heterocycles. The minimum absolute atomic E-state index is 0.240. The molecule has 4 heteroatoms. The molecule has 5 aromatic rings. The van der Waals surface area contributed by atoms with E-state index in [0.717, 1.165) is 11.1 Å². The number of carbonyl (C=O) groups excluding carboxylic acids is 2. The zero-order valence-electron chi connectivity index (χ0n) is 18.8. The maximum Gasteiger partial charge on any atom is 0.227 e. The number of hydrogen-bond acceptors (Lipinski definition) is 4. The second kappa shape index (κ2) is 9.98. The van der Waals surface area contributed by atoms with Crippen molar-refractivity contribution in [3.8, 4) is 11.5 Å². The van der Waals surface area contributed by atoms with Crippen LogP contribution in [-0.2, 0) is 0 Å². The number of nitrogens with zero attached hydrogens (tertiary/aromatic N) is 1. The lowest BCUT2D eigenvalue weighted by Gasteiger charge is -2.15. The van der Waals surface area contributed by atoms with Crippen molar-refractivity contribution in [2.75, 3.05) is 0 Å². The Labute approximate surface area is 203 Å². The second-order valence-corrected chi connectivity index (χ2v) is 7.92. The molecule has 0 aliphatic carbocycles. The molecule has 0 amide bonds. The predicted molar refractivity (Wildman–Crippen MR) is 137 cm³/mol. The fourth-order valence-electron chi connectivity index (χ4n) is 3.99. The summed E-state index contributed by atoms with van der Waals surface area (Å²) in [5.74, 6) is -0.232. The van der Waals surface area contributed by atoms with Crippen LogP contribution in [0.15, 0.2) is 120 Å². The molecule has 168 valence electrons. The van der Waals surface area contributed by atoms with Crippen molar-refractivity contribution in [1.82, 2.24) is 4.98 Å². The molecule has 4 nitrogen and oxygen atoms in total. The zero-order chi connectivity index (χ0) is 24.0. The molecule has 0 saturated heterocycles. The molecule has 0 saturated carbocycles. The predicted octanol–water partition coefficient (Wildman–Crippen LogP) is 6.97. The first-order valence-corrected chi connectivity index (χ1v) is 11.2. The van der Waals surface area contributed by atoms with Crippen LogP contribution in [0.2, 0.25) is 0 Å². The summed E-state index contributed by atoms with van der Waals surface area (Å²) < 4.78 is 5.67. The van der Waals surface area contributed by atoms with Crippen molar-refractivity contribution in [1.29, 1.82) is 0 Å². The zero-order valence-corrected chi connectivity index (χ0v) is 18.8. The fraction of sp³-hybridized carbons (Fsp3) is 0. The van der Waals surface area contributed by atoms with Gasteiger partial charge in [-0.25, -0.2) is 4.98 Å². The molecule has 5 rings (SSSR count). The molecule has 0 aliphatic rings. The molecule has 0 bridgehead atoms. The second-order valence-electron chi connectivity index (χ2n) is 7.92. The van der Waals surface area contributed by atoms with Gasteiger partial charge >= 0.3 is 0 Å². The number of ketones is 2. The van der Waals surface area contributed by atoms with Crippen LogP contribution in [0, 0.1) is 0 Å². The van der Waals surface area contributed by atoms with Crippen molar-refractivity contribution >= 4 is 23.7 Å². The third kappa shape index (κ3) is 4.63. The van der Waals surface area contributed by atoms with E-state index in [1.165, 1.54) is 12.5 Å². The van der Waals surface area contributed by atoms with Crippen LogP contribution in [0.3, 0.4) is 0 Å². The minimum Gasteiger partial charge on any atom is -0.444 e. The van der Waals surface area contributed by atoms with Gasteiger partial charge in [-0.1, -0.05) is 109 Å². The van der Waals surface area contributed by atoms with Gasteiger partial charge in [0, 0.05) is 22.3 Å². The maximum atomic E-state index is 13.9. The summed E-state index contributed by atoms with van der Waals surface area (Å²) in [6.45, 7) is 0. The Morgan fingerprint density at radius 3 is 1.86 bits per heavy atom. The first kappa shape index (κ1) is 22.0. The lowest BCUT2D eigenvalue weighted by molar-refractivity contribution is 0.100. The van der Waals surface area contributed by atoms with Gasteiger partial charge < -0.3 is 4.42 Å². The topological polar surface area (TPSA) is 60.2 Å². The third-order valence-electron chi connectivity index (χ3n) is 5.68. The number of rotatable bonds is 7. The average molecular weight is 456 g/mol. The van der Waals surface area contributed by atoms with E-state index in [4.69, 9.17) is 4.42 Å². The molecule has 35 heavy (non-hydrogen) atoms. The molecular formula is C31H21NO3. The van der Waals surface area contributed by atoms with Crippen LogP contribution in [-0.4, -0.2) is 16.6 Å². The van der Waals surface area contributed by atoms with Crippen LogP contribution in [0.5, 0.6) is 0 Å². The van der Waals surface area contributed by atoms with Gasteiger partial charge in [-0.3, -0.25) is 9.59 Å². The van der Waals surface area contributed by atoms with E-state index in [2.05, 4.69) is 4.98 Å². The molecule has 0 unspecified atom stereocenters. The Kier molecular flexibility index (Phi) is 6.27. The van der Waals surface area contributed by atoms with Crippen LogP contribution in [0.4, 0.5) is 0 Å². The average Bonchev–Trinajstić information content (AvgIpc) is 3.47. The molecule has 0 atom stereocenters. The van der Waals surface area contributed by atoms with Gasteiger partial charge in [-0.05, 0) is 17.2 Å². The summed E-state index contributed by atoms with van der Waals surface area (Å²) >= 11 is 0. The summed E-state index contributed by atoms with van der Waals surface area (Å²) in [6.07, 6.45) is 6.86. The lowest BCUT2D eigenvalue weighted by atomic mass is 9.86. The van der Waals surface area contributed by atoms with Gasteiger partial charge in [0.2, 0.25) is 5.89 Å².